The number of anilines is 1. The highest BCUT2D eigenvalue weighted by Gasteiger charge is 2.38. The standard InChI is InChI=1S/C19H22N6O3.2C2HF3O2/c1-2-25-15-16(22-18(25)26)20-13-21-17(15)23-8-10-24(11-9-23)19(27)28-12-14-6-4-3-5-7-14;2*3-2(4,5)1(6)7/h3-7,13H,2,8-12H2,1H3,(H,20,21,22,26);2*(H,6,7). The van der Waals surface area contributed by atoms with E-state index in [-0.39, 0.29) is 18.4 Å². The zero-order valence-electron chi connectivity index (χ0n) is 21.6. The van der Waals surface area contributed by atoms with Gasteiger partial charge in [-0.1, -0.05) is 30.3 Å². The summed E-state index contributed by atoms with van der Waals surface area (Å²) in [5.74, 6) is -4.80. The van der Waals surface area contributed by atoms with Crippen LogP contribution in [-0.2, 0) is 27.5 Å². The lowest BCUT2D eigenvalue weighted by atomic mass is 10.2. The molecule has 0 spiro atoms. The third-order valence-electron chi connectivity index (χ3n) is 5.39. The van der Waals surface area contributed by atoms with Crippen LogP contribution in [0.2, 0.25) is 0 Å². The number of carbonyl (C=O) groups excluding carboxylic acids is 1. The molecule has 13 nitrogen and oxygen atoms in total. The number of hydrogen-bond acceptors (Lipinski definition) is 8. The van der Waals surface area contributed by atoms with Crippen molar-refractivity contribution in [2.75, 3.05) is 31.1 Å². The molecule has 1 fully saturated rings. The zero-order valence-corrected chi connectivity index (χ0v) is 21.6. The molecule has 0 saturated carbocycles. The van der Waals surface area contributed by atoms with Crippen molar-refractivity contribution >= 4 is 35.0 Å². The number of aryl methyl sites for hydroxylation is 1. The van der Waals surface area contributed by atoms with Crippen molar-refractivity contribution in [2.45, 2.75) is 32.4 Å². The molecule has 3 aromatic rings. The molecule has 3 N–H and O–H groups in total. The maximum atomic E-state index is 12.3. The minimum atomic E-state index is -5.08. The van der Waals surface area contributed by atoms with E-state index in [9.17, 15) is 35.9 Å². The molecule has 1 aliphatic heterocycles. The molecule has 0 atom stereocenters. The van der Waals surface area contributed by atoms with Crippen LogP contribution in [0.5, 0.6) is 0 Å². The maximum absolute atomic E-state index is 12.3. The van der Waals surface area contributed by atoms with Gasteiger partial charge in [-0.15, -0.1) is 0 Å². The largest absolute Gasteiger partial charge is 0.490 e. The number of fused-ring (bicyclic) bond motifs is 1. The van der Waals surface area contributed by atoms with E-state index >= 15 is 0 Å². The van der Waals surface area contributed by atoms with Gasteiger partial charge in [0.15, 0.2) is 11.5 Å². The fourth-order valence-electron chi connectivity index (χ4n) is 3.42. The predicted molar refractivity (Wildman–Crippen MR) is 132 cm³/mol. The number of hydrogen-bond donors (Lipinski definition) is 3. The number of benzene rings is 1. The number of aromatic amines is 1. The zero-order chi connectivity index (χ0) is 31.7. The van der Waals surface area contributed by atoms with Gasteiger partial charge in [-0.2, -0.15) is 26.3 Å². The van der Waals surface area contributed by atoms with Crippen molar-refractivity contribution in [2.24, 2.45) is 0 Å². The second kappa shape index (κ2) is 14.2. The van der Waals surface area contributed by atoms with Crippen LogP contribution in [0.1, 0.15) is 12.5 Å². The summed E-state index contributed by atoms with van der Waals surface area (Å²) >= 11 is 0. The van der Waals surface area contributed by atoms with Gasteiger partial charge in [-0.05, 0) is 12.5 Å². The van der Waals surface area contributed by atoms with E-state index in [0.717, 1.165) is 5.56 Å². The number of piperazine rings is 1. The molecular formula is C23H24F6N6O7. The second-order valence-corrected chi connectivity index (χ2v) is 8.19. The topological polar surface area (TPSA) is 171 Å². The summed E-state index contributed by atoms with van der Waals surface area (Å²) < 4.78 is 70.5. The molecule has 19 heteroatoms. The van der Waals surface area contributed by atoms with Crippen LogP contribution in [0.25, 0.3) is 11.2 Å². The minimum Gasteiger partial charge on any atom is -0.475 e. The number of aromatic nitrogens is 4. The van der Waals surface area contributed by atoms with E-state index in [4.69, 9.17) is 24.5 Å². The molecule has 0 unspecified atom stereocenters. The highest BCUT2D eigenvalue weighted by Crippen LogP contribution is 2.22. The monoisotopic (exact) mass is 610 g/mol. The van der Waals surface area contributed by atoms with Crippen LogP contribution in [0.15, 0.2) is 41.5 Å². The number of aliphatic carboxylic acids is 2. The SMILES string of the molecule is CCn1c(=O)[nH]c2ncnc(N3CCN(C(=O)OCc4ccccc4)CC3)c21.O=C(O)C(F)(F)F.O=C(O)C(F)(F)F. The Morgan fingerprint density at radius 3 is 1.93 bits per heavy atom. The number of nitrogens with zero attached hydrogens (tertiary/aromatic N) is 5. The first-order valence-corrected chi connectivity index (χ1v) is 11.8. The molecule has 1 aromatic carbocycles. The third-order valence-corrected chi connectivity index (χ3v) is 5.39. The van der Waals surface area contributed by atoms with Gasteiger partial charge in [0.25, 0.3) is 0 Å². The number of amides is 1. The molecular weight excluding hydrogens is 586 g/mol. The number of rotatable bonds is 4. The van der Waals surface area contributed by atoms with E-state index in [1.165, 1.54) is 6.33 Å². The lowest BCUT2D eigenvalue weighted by Crippen LogP contribution is -2.49. The quantitative estimate of drug-likeness (QED) is 0.373. The van der Waals surface area contributed by atoms with Gasteiger partial charge in [0, 0.05) is 32.7 Å². The summed E-state index contributed by atoms with van der Waals surface area (Å²) in [6, 6.07) is 9.62. The smallest absolute Gasteiger partial charge is 0.475 e. The normalized spacial score (nSPS) is 13.4. The first-order chi connectivity index (χ1) is 19.6. The fraction of sp³-hybridized carbons (Fsp3) is 0.391. The molecule has 230 valence electrons. The molecule has 1 saturated heterocycles. The van der Waals surface area contributed by atoms with Gasteiger partial charge in [0.1, 0.15) is 18.5 Å². The van der Waals surface area contributed by atoms with Gasteiger partial charge in [-0.25, -0.2) is 29.1 Å². The molecule has 3 heterocycles. The summed E-state index contributed by atoms with van der Waals surface area (Å²) in [6.45, 7) is 4.97. The van der Waals surface area contributed by atoms with Crippen molar-refractivity contribution in [1.29, 1.82) is 0 Å². The number of carboxylic acids is 2. The Bertz CT molecular complexity index is 1390. The lowest BCUT2D eigenvalue weighted by molar-refractivity contribution is -0.193. The number of carboxylic acid groups (broad SMARTS) is 2. The number of alkyl halides is 6. The highest BCUT2D eigenvalue weighted by molar-refractivity contribution is 5.83. The van der Waals surface area contributed by atoms with Crippen LogP contribution < -0.4 is 10.6 Å². The van der Waals surface area contributed by atoms with Crippen molar-refractivity contribution in [1.82, 2.24) is 24.4 Å². The molecule has 0 radical (unpaired) electrons. The van der Waals surface area contributed by atoms with Gasteiger partial charge >= 0.3 is 36.1 Å². The van der Waals surface area contributed by atoms with Gasteiger partial charge in [0.05, 0.1) is 0 Å². The summed E-state index contributed by atoms with van der Waals surface area (Å²) in [7, 11) is 0. The summed E-state index contributed by atoms with van der Waals surface area (Å²) in [5, 5.41) is 14.2. The first kappa shape index (κ1) is 33.4. The fourth-order valence-corrected chi connectivity index (χ4v) is 3.42. The maximum Gasteiger partial charge on any atom is 0.490 e. The highest BCUT2D eigenvalue weighted by atomic mass is 19.4. The second-order valence-electron chi connectivity index (χ2n) is 8.19. The number of halogens is 6. The average molecular weight is 610 g/mol. The predicted octanol–water partition coefficient (Wildman–Crippen LogP) is 2.86. The Morgan fingerprint density at radius 2 is 1.45 bits per heavy atom. The van der Waals surface area contributed by atoms with Crippen molar-refractivity contribution < 1.29 is 55.7 Å². The number of ether oxygens (including phenoxy) is 1. The van der Waals surface area contributed by atoms with E-state index in [0.29, 0.717) is 49.7 Å². The van der Waals surface area contributed by atoms with Crippen molar-refractivity contribution in [3.63, 3.8) is 0 Å². The number of nitrogens with one attached hydrogen (secondary N) is 1. The Hall–Kier alpha value is -4.84. The molecule has 1 aliphatic rings. The Labute approximate surface area is 231 Å². The minimum absolute atomic E-state index is 0.192. The molecule has 0 aliphatic carbocycles. The van der Waals surface area contributed by atoms with Crippen LogP contribution in [0, 0.1) is 0 Å². The summed E-state index contributed by atoms with van der Waals surface area (Å²) in [4.78, 5) is 57.3. The molecule has 0 bridgehead atoms. The van der Waals surface area contributed by atoms with Crippen LogP contribution >= 0.6 is 0 Å². The van der Waals surface area contributed by atoms with Crippen LogP contribution in [0.3, 0.4) is 0 Å². The molecule has 42 heavy (non-hydrogen) atoms. The number of carbonyl (C=O) groups is 3. The van der Waals surface area contributed by atoms with Crippen molar-refractivity contribution in [3.8, 4) is 0 Å². The Morgan fingerprint density at radius 1 is 0.929 bits per heavy atom. The lowest BCUT2D eigenvalue weighted by Gasteiger charge is -2.34. The van der Waals surface area contributed by atoms with E-state index in [1.54, 1.807) is 9.47 Å². The summed E-state index contributed by atoms with van der Waals surface area (Å²) in [6.07, 6.45) is -9.03. The van der Waals surface area contributed by atoms with Crippen molar-refractivity contribution in [3.05, 3.63) is 52.7 Å². The molecule has 2 aromatic heterocycles. The third kappa shape index (κ3) is 9.37. The average Bonchev–Trinajstić information content (AvgIpc) is 3.27. The van der Waals surface area contributed by atoms with E-state index in [1.807, 2.05) is 37.3 Å². The molecule has 4 rings (SSSR count). The van der Waals surface area contributed by atoms with E-state index in [2.05, 4.69) is 19.9 Å². The van der Waals surface area contributed by atoms with Crippen LogP contribution in [0.4, 0.5) is 37.0 Å². The van der Waals surface area contributed by atoms with Crippen LogP contribution in [-0.4, -0.2) is 91.2 Å². The number of H-pyrrole nitrogens is 1. The number of imidazole rings is 1. The van der Waals surface area contributed by atoms with Gasteiger partial charge in [0.2, 0.25) is 0 Å². The molecule has 1 amide bonds. The van der Waals surface area contributed by atoms with Gasteiger partial charge in [-0.3, -0.25) is 9.55 Å². The van der Waals surface area contributed by atoms with E-state index < -0.39 is 24.3 Å². The Balaban J connectivity index is 0.000000367. The first-order valence-electron chi connectivity index (χ1n) is 11.8. The van der Waals surface area contributed by atoms with Gasteiger partial charge < -0.3 is 24.7 Å². The Kier molecular flexibility index (Phi) is 11.3. The summed E-state index contributed by atoms with van der Waals surface area (Å²) in [5.41, 5.74) is 2.00.